The van der Waals surface area contributed by atoms with E-state index < -0.39 is 0 Å². The van der Waals surface area contributed by atoms with Gasteiger partial charge in [0.05, 0.1) is 12.2 Å². The summed E-state index contributed by atoms with van der Waals surface area (Å²) in [7, 11) is 1.81. The van der Waals surface area contributed by atoms with Gasteiger partial charge in [-0.15, -0.1) is 24.0 Å². The van der Waals surface area contributed by atoms with Crippen LogP contribution in [0.25, 0.3) is 0 Å². The van der Waals surface area contributed by atoms with Gasteiger partial charge in [-0.25, -0.2) is 0 Å². The highest BCUT2D eigenvalue weighted by molar-refractivity contribution is 14.0. The minimum Gasteiger partial charge on any atom is -0.356 e. The Labute approximate surface area is 163 Å². The average Bonchev–Trinajstić information content (AvgIpc) is 2.62. The maximum absolute atomic E-state index is 4.30. The summed E-state index contributed by atoms with van der Waals surface area (Å²) < 4.78 is 0. The van der Waals surface area contributed by atoms with Crippen molar-refractivity contribution in [3.8, 4) is 0 Å². The number of hydrogen-bond donors (Lipinski definition) is 2. The van der Waals surface area contributed by atoms with Crippen LogP contribution in [0, 0.1) is 0 Å². The summed E-state index contributed by atoms with van der Waals surface area (Å²) in [6.45, 7) is 5.56. The van der Waals surface area contributed by atoms with E-state index in [1.807, 2.05) is 31.4 Å². The number of pyridine rings is 1. The molecule has 0 unspecified atom stereocenters. The molecule has 2 N–H and O–H groups in total. The molecule has 1 aliphatic heterocycles. The summed E-state index contributed by atoms with van der Waals surface area (Å²) in [6, 6.07) is 5.95. The Morgan fingerprint density at radius 1 is 1.12 bits per heavy atom. The quantitative estimate of drug-likeness (QED) is 0.280. The zero-order valence-corrected chi connectivity index (χ0v) is 17.2. The topological polar surface area (TPSA) is 52.6 Å². The second kappa shape index (κ2) is 13.4. The van der Waals surface area contributed by atoms with Gasteiger partial charge in [0.1, 0.15) is 0 Å². The summed E-state index contributed by atoms with van der Waals surface area (Å²) in [5.41, 5.74) is 1.02. The van der Waals surface area contributed by atoms with E-state index in [2.05, 4.69) is 25.5 Å². The Kier molecular flexibility index (Phi) is 11.8. The molecular weight excluding hydrogens is 413 g/mol. The van der Waals surface area contributed by atoms with Crippen molar-refractivity contribution >= 4 is 29.9 Å². The van der Waals surface area contributed by atoms with Crippen LogP contribution >= 0.6 is 24.0 Å². The molecule has 0 spiro atoms. The third-order valence-electron chi connectivity index (χ3n) is 4.28. The molecule has 2 heterocycles. The number of hydrogen-bond acceptors (Lipinski definition) is 3. The van der Waals surface area contributed by atoms with Crippen LogP contribution in [0.5, 0.6) is 0 Å². The van der Waals surface area contributed by atoms with Crippen molar-refractivity contribution in [1.29, 1.82) is 0 Å². The molecule has 1 saturated heterocycles. The van der Waals surface area contributed by atoms with Gasteiger partial charge in [0.25, 0.3) is 0 Å². The summed E-state index contributed by atoms with van der Waals surface area (Å²) in [6.07, 6.45) is 9.79. The van der Waals surface area contributed by atoms with Gasteiger partial charge >= 0.3 is 0 Å². The number of piperidine rings is 1. The molecule has 0 atom stereocenters. The van der Waals surface area contributed by atoms with Gasteiger partial charge in [0, 0.05) is 19.8 Å². The molecule has 1 aliphatic rings. The largest absolute Gasteiger partial charge is 0.356 e. The highest BCUT2D eigenvalue weighted by Crippen LogP contribution is 2.09. The third kappa shape index (κ3) is 8.82. The normalized spacial score (nSPS) is 15.6. The van der Waals surface area contributed by atoms with E-state index in [0.29, 0.717) is 6.54 Å². The first-order valence-electron chi connectivity index (χ1n) is 8.95. The van der Waals surface area contributed by atoms with Gasteiger partial charge in [0.2, 0.25) is 0 Å². The van der Waals surface area contributed by atoms with E-state index in [0.717, 1.165) is 18.2 Å². The summed E-state index contributed by atoms with van der Waals surface area (Å²) in [4.78, 5) is 11.2. The monoisotopic (exact) mass is 445 g/mol. The van der Waals surface area contributed by atoms with Gasteiger partial charge in [-0.1, -0.05) is 18.9 Å². The molecule has 0 aliphatic carbocycles. The molecule has 1 fully saturated rings. The first-order valence-corrected chi connectivity index (χ1v) is 8.95. The van der Waals surface area contributed by atoms with Gasteiger partial charge < -0.3 is 15.5 Å². The number of nitrogens with one attached hydrogen (secondary N) is 2. The number of aliphatic imine (C=N–C) groups is 1. The van der Waals surface area contributed by atoms with Crippen molar-refractivity contribution in [1.82, 2.24) is 20.5 Å². The fourth-order valence-electron chi connectivity index (χ4n) is 2.92. The van der Waals surface area contributed by atoms with E-state index in [1.165, 1.54) is 58.2 Å². The van der Waals surface area contributed by atoms with Crippen LogP contribution in [0.2, 0.25) is 0 Å². The lowest BCUT2D eigenvalue weighted by atomic mass is 10.1. The fourth-order valence-corrected chi connectivity index (χ4v) is 2.92. The van der Waals surface area contributed by atoms with Gasteiger partial charge in [0.15, 0.2) is 5.96 Å². The molecule has 0 aromatic carbocycles. The van der Waals surface area contributed by atoms with E-state index >= 15 is 0 Å². The molecule has 0 bridgehead atoms. The fraction of sp³-hybridized carbons (Fsp3) is 0.667. The van der Waals surface area contributed by atoms with E-state index in [9.17, 15) is 0 Å². The van der Waals surface area contributed by atoms with E-state index in [4.69, 9.17) is 0 Å². The predicted molar refractivity (Wildman–Crippen MR) is 112 cm³/mol. The number of likely N-dealkylation sites (tertiary alicyclic amines) is 1. The minimum absolute atomic E-state index is 0. The molecule has 1 aromatic rings. The van der Waals surface area contributed by atoms with Crippen LogP contribution in [-0.4, -0.2) is 49.1 Å². The van der Waals surface area contributed by atoms with Gasteiger partial charge in [-0.2, -0.15) is 0 Å². The van der Waals surface area contributed by atoms with E-state index in [1.54, 1.807) is 0 Å². The van der Waals surface area contributed by atoms with Crippen molar-refractivity contribution in [2.45, 2.75) is 45.1 Å². The second-order valence-electron chi connectivity index (χ2n) is 6.14. The predicted octanol–water partition coefficient (Wildman–Crippen LogP) is 3.02. The molecular formula is C18H32IN5. The number of unbranched alkanes of at least 4 members (excludes halogenated alkanes) is 2. The van der Waals surface area contributed by atoms with Crippen molar-refractivity contribution in [3.05, 3.63) is 30.1 Å². The van der Waals surface area contributed by atoms with Crippen molar-refractivity contribution in [2.75, 3.05) is 33.2 Å². The molecule has 5 nitrogen and oxygen atoms in total. The third-order valence-corrected chi connectivity index (χ3v) is 4.28. The van der Waals surface area contributed by atoms with Crippen molar-refractivity contribution in [2.24, 2.45) is 4.99 Å². The van der Waals surface area contributed by atoms with Crippen LogP contribution in [0.15, 0.2) is 29.4 Å². The summed E-state index contributed by atoms with van der Waals surface area (Å²) in [5.74, 6) is 0.853. The maximum Gasteiger partial charge on any atom is 0.191 e. The SMILES string of the molecule is CN=C(NCCCCCN1CCCCC1)NCc1ccccn1.I. The van der Waals surface area contributed by atoms with E-state index in [-0.39, 0.29) is 24.0 Å². The molecule has 0 amide bonds. The minimum atomic E-state index is 0. The Bertz CT molecular complexity index is 446. The van der Waals surface area contributed by atoms with Crippen molar-refractivity contribution in [3.63, 3.8) is 0 Å². The maximum atomic E-state index is 4.30. The second-order valence-corrected chi connectivity index (χ2v) is 6.14. The Morgan fingerprint density at radius 2 is 1.96 bits per heavy atom. The highest BCUT2D eigenvalue weighted by atomic mass is 127. The number of aromatic nitrogens is 1. The molecule has 0 radical (unpaired) electrons. The van der Waals surface area contributed by atoms with Crippen LogP contribution in [0.1, 0.15) is 44.2 Å². The molecule has 2 rings (SSSR count). The Hall–Kier alpha value is -0.890. The molecule has 136 valence electrons. The molecule has 0 saturated carbocycles. The van der Waals surface area contributed by atoms with Crippen molar-refractivity contribution < 1.29 is 0 Å². The highest BCUT2D eigenvalue weighted by Gasteiger charge is 2.08. The zero-order chi connectivity index (χ0) is 16.2. The summed E-state index contributed by atoms with van der Waals surface area (Å²) >= 11 is 0. The molecule has 24 heavy (non-hydrogen) atoms. The Balaban J connectivity index is 0.00000288. The molecule has 1 aromatic heterocycles. The van der Waals surface area contributed by atoms with Crippen LogP contribution < -0.4 is 10.6 Å². The first kappa shape index (κ1) is 21.2. The standard InChI is InChI=1S/C18H31N5.HI/c1-19-18(22-16-17-10-4-6-11-20-17)21-12-5-2-7-13-23-14-8-3-9-15-23;/h4,6,10-11H,2-3,5,7-9,12-16H2,1H3,(H2,19,21,22);1H. The number of nitrogens with zero attached hydrogens (tertiary/aromatic N) is 3. The lowest BCUT2D eigenvalue weighted by Crippen LogP contribution is -2.37. The average molecular weight is 445 g/mol. The lowest BCUT2D eigenvalue weighted by Gasteiger charge is -2.26. The number of guanidine groups is 1. The van der Waals surface area contributed by atoms with Crippen LogP contribution in [0.3, 0.4) is 0 Å². The summed E-state index contributed by atoms with van der Waals surface area (Å²) in [5, 5.41) is 6.67. The number of halogens is 1. The first-order chi connectivity index (χ1) is 11.4. The Morgan fingerprint density at radius 3 is 2.67 bits per heavy atom. The van der Waals surface area contributed by atoms with Gasteiger partial charge in [-0.3, -0.25) is 9.98 Å². The lowest BCUT2D eigenvalue weighted by molar-refractivity contribution is 0.224. The van der Waals surface area contributed by atoms with Crippen LogP contribution in [-0.2, 0) is 6.54 Å². The molecule has 6 heteroatoms. The zero-order valence-electron chi connectivity index (χ0n) is 14.8. The van der Waals surface area contributed by atoms with Gasteiger partial charge in [-0.05, 0) is 57.5 Å². The number of rotatable bonds is 8. The smallest absolute Gasteiger partial charge is 0.191 e. The van der Waals surface area contributed by atoms with Crippen LogP contribution in [0.4, 0.5) is 0 Å².